The van der Waals surface area contributed by atoms with E-state index in [1.807, 2.05) is 5.38 Å². The van der Waals surface area contributed by atoms with Crippen LogP contribution in [0.25, 0.3) is 0 Å². The lowest BCUT2D eigenvalue weighted by Gasteiger charge is -2.12. The number of fused-ring (bicyclic) bond motifs is 1. The number of thiazole rings is 1. The van der Waals surface area contributed by atoms with Crippen molar-refractivity contribution in [1.29, 1.82) is 0 Å². The van der Waals surface area contributed by atoms with Gasteiger partial charge < -0.3 is 10.0 Å². The van der Waals surface area contributed by atoms with E-state index in [0.717, 1.165) is 23.9 Å². The van der Waals surface area contributed by atoms with Crippen molar-refractivity contribution in [2.24, 2.45) is 0 Å². The topological polar surface area (TPSA) is 36.4 Å². The van der Waals surface area contributed by atoms with Gasteiger partial charge in [0.1, 0.15) is 0 Å². The van der Waals surface area contributed by atoms with Gasteiger partial charge in [0.2, 0.25) is 0 Å². The Balaban J connectivity index is 1.84. The van der Waals surface area contributed by atoms with Gasteiger partial charge in [0.05, 0.1) is 11.8 Å². The second-order valence-electron chi connectivity index (χ2n) is 4.36. The lowest BCUT2D eigenvalue weighted by atomic mass is 10.1. The molecule has 0 amide bonds. The van der Waals surface area contributed by atoms with Gasteiger partial charge in [-0.25, -0.2) is 4.98 Å². The number of aliphatic hydroxyl groups is 1. The summed E-state index contributed by atoms with van der Waals surface area (Å²) in [5.41, 5.74) is 3.52. The first-order valence-electron chi connectivity index (χ1n) is 5.69. The summed E-state index contributed by atoms with van der Waals surface area (Å²) in [7, 11) is 0. The van der Waals surface area contributed by atoms with Crippen molar-refractivity contribution in [3.63, 3.8) is 0 Å². The monoisotopic (exact) mass is 246 g/mol. The Bertz CT molecular complexity index is 511. The maximum atomic E-state index is 9.48. The molecule has 3 rings (SSSR count). The van der Waals surface area contributed by atoms with Gasteiger partial charge in [0.25, 0.3) is 0 Å². The molecule has 17 heavy (non-hydrogen) atoms. The van der Waals surface area contributed by atoms with Crippen LogP contribution in [0.2, 0.25) is 0 Å². The second-order valence-corrected chi connectivity index (χ2v) is 5.19. The summed E-state index contributed by atoms with van der Waals surface area (Å²) < 4.78 is 0. The highest BCUT2D eigenvalue weighted by Crippen LogP contribution is 2.31. The second kappa shape index (κ2) is 4.13. The van der Waals surface area contributed by atoms with Crippen LogP contribution in [0.1, 0.15) is 29.8 Å². The molecule has 0 bridgehead atoms. The quantitative estimate of drug-likeness (QED) is 0.885. The molecule has 0 fully saturated rings. The van der Waals surface area contributed by atoms with Crippen molar-refractivity contribution in [1.82, 2.24) is 4.98 Å². The zero-order valence-electron chi connectivity index (χ0n) is 9.63. The minimum absolute atomic E-state index is 0.482. The van der Waals surface area contributed by atoms with Gasteiger partial charge in [0, 0.05) is 18.5 Å². The molecule has 4 heteroatoms. The molecule has 1 aromatic carbocycles. The standard InChI is InChI=1S/C13H14N2OS/c1-9(16)12-8-17-13(14-12)15-6-10-4-2-3-5-11(10)7-15/h2-5,8-9,16H,6-7H2,1H3. The van der Waals surface area contributed by atoms with E-state index in [1.54, 1.807) is 18.3 Å². The van der Waals surface area contributed by atoms with E-state index >= 15 is 0 Å². The molecule has 1 unspecified atom stereocenters. The molecule has 0 spiro atoms. The lowest BCUT2D eigenvalue weighted by Crippen LogP contribution is -2.14. The van der Waals surface area contributed by atoms with Gasteiger partial charge in [-0.05, 0) is 18.1 Å². The first kappa shape index (κ1) is 10.7. The number of hydrogen-bond donors (Lipinski definition) is 1. The number of aliphatic hydroxyl groups excluding tert-OH is 1. The highest BCUT2D eigenvalue weighted by Gasteiger charge is 2.21. The van der Waals surface area contributed by atoms with Crippen LogP contribution in [-0.4, -0.2) is 10.1 Å². The van der Waals surface area contributed by atoms with Crippen molar-refractivity contribution in [3.05, 3.63) is 46.5 Å². The van der Waals surface area contributed by atoms with E-state index < -0.39 is 6.10 Å². The third kappa shape index (κ3) is 1.94. The zero-order valence-corrected chi connectivity index (χ0v) is 10.4. The van der Waals surface area contributed by atoms with Crippen molar-refractivity contribution in [2.45, 2.75) is 26.1 Å². The third-order valence-electron chi connectivity index (χ3n) is 3.05. The van der Waals surface area contributed by atoms with Gasteiger partial charge in [-0.3, -0.25) is 0 Å². The fourth-order valence-corrected chi connectivity index (χ4v) is 2.99. The van der Waals surface area contributed by atoms with Crippen molar-refractivity contribution < 1.29 is 5.11 Å². The first-order valence-corrected chi connectivity index (χ1v) is 6.57. The summed E-state index contributed by atoms with van der Waals surface area (Å²) in [5.74, 6) is 0. The Kier molecular flexibility index (Phi) is 2.61. The third-order valence-corrected chi connectivity index (χ3v) is 3.97. The smallest absolute Gasteiger partial charge is 0.186 e. The Labute approximate surface area is 104 Å². The molecule has 1 aliphatic heterocycles. The predicted octanol–water partition coefficient (Wildman–Crippen LogP) is 2.72. The van der Waals surface area contributed by atoms with Crippen molar-refractivity contribution >= 4 is 16.5 Å². The van der Waals surface area contributed by atoms with Crippen molar-refractivity contribution in [2.75, 3.05) is 4.90 Å². The van der Waals surface area contributed by atoms with Crippen LogP contribution in [0, 0.1) is 0 Å². The minimum Gasteiger partial charge on any atom is -0.387 e. The molecule has 2 heterocycles. The number of hydrogen-bond acceptors (Lipinski definition) is 4. The normalized spacial score (nSPS) is 16.0. The number of rotatable bonds is 2. The molecule has 1 atom stereocenters. The SMILES string of the molecule is CC(O)c1csc(N2Cc3ccccc3C2)n1. The first-order chi connectivity index (χ1) is 8.24. The highest BCUT2D eigenvalue weighted by atomic mass is 32.1. The Morgan fingerprint density at radius 3 is 2.47 bits per heavy atom. The summed E-state index contributed by atoms with van der Waals surface area (Å²) in [4.78, 5) is 6.72. The fraction of sp³-hybridized carbons (Fsp3) is 0.308. The Hall–Kier alpha value is -1.39. The lowest BCUT2D eigenvalue weighted by molar-refractivity contribution is 0.195. The number of anilines is 1. The molecule has 0 aliphatic carbocycles. The molecule has 88 valence electrons. The van der Waals surface area contributed by atoms with E-state index in [-0.39, 0.29) is 0 Å². The van der Waals surface area contributed by atoms with Crippen molar-refractivity contribution in [3.8, 4) is 0 Å². The summed E-state index contributed by atoms with van der Waals surface area (Å²) in [5, 5.41) is 12.4. The average Bonchev–Trinajstić information content (AvgIpc) is 2.95. The summed E-state index contributed by atoms with van der Waals surface area (Å²) >= 11 is 1.60. The maximum absolute atomic E-state index is 9.48. The Morgan fingerprint density at radius 2 is 1.94 bits per heavy atom. The average molecular weight is 246 g/mol. The minimum atomic E-state index is -0.482. The molecule has 2 aromatic rings. The van der Waals surface area contributed by atoms with Gasteiger partial charge in [-0.1, -0.05) is 24.3 Å². The van der Waals surface area contributed by atoms with Crippen LogP contribution in [-0.2, 0) is 13.1 Å². The van der Waals surface area contributed by atoms with E-state index in [1.165, 1.54) is 11.1 Å². The molecular formula is C13H14N2OS. The van der Waals surface area contributed by atoms with Crippen LogP contribution in [0.4, 0.5) is 5.13 Å². The number of nitrogens with zero attached hydrogens (tertiary/aromatic N) is 2. The predicted molar refractivity (Wildman–Crippen MR) is 69.1 cm³/mol. The summed E-state index contributed by atoms with van der Waals surface area (Å²) in [6.07, 6.45) is -0.482. The number of benzene rings is 1. The molecular weight excluding hydrogens is 232 g/mol. The fourth-order valence-electron chi connectivity index (χ4n) is 2.08. The van der Waals surface area contributed by atoms with E-state index in [9.17, 15) is 5.11 Å². The van der Waals surface area contributed by atoms with Crippen LogP contribution in [0.5, 0.6) is 0 Å². The molecule has 3 nitrogen and oxygen atoms in total. The van der Waals surface area contributed by atoms with Gasteiger partial charge in [-0.2, -0.15) is 0 Å². The van der Waals surface area contributed by atoms with Crippen LogP contribution >= 0.6 is 11.3 Å². The largest absolute Gasteiger partial charge is 0.387 e. The van der Waals surface area contributed by atoms with Gasteiger partial charge in [0.15, 0.2) is 5.13 Å². The molecule has 1 N–H and O–H groups in total. The molecule has 0 saturated carbocycles. The summed E-state index contributed by atoms with van der Waals surface area (Å²) in [6.45, 7) is 3.59. The molecule has 0 saturated heterocycles. The Morgan fingerprint density at radius 1 is 1.29 bits per heavy atom. The highest BCUT2D eigenvalue weighted by molar-refractivity contribution is 7.13. The van der Waals surface area contributed by atoms with Gasteiger partial charge in [-0.15, -0.1) is 11.3 Å². The van der Waals surface area contributed by atoms with Gasteiger partial charge >= 0.3 is 0 Å². The van der Waals surface area contributed by atoms with Crippen LogP contribution in [0.3, 0.4) is 0 Å². The summed E-state index contributed by atoms with van der Waals surface area (Å²) in [6, 6.07) is 8.48. The molecule has 0 radical (unpaired) electrons. The van der Waals surface area contributed by atoms with Crippen LogP contribution < -0.4 is 4.90 Å². The van der Waals surface area contributed by atoms with Crippen LogP contribution in [0.15, 0.2) is 29.6 Å². The zero-order chi connectivity index (χ0) is 11.8. The molecule has 1 aliphatic rings. The van der Waals surface area contributed by atoms with E-state index in [4.69, 9.17) is 0 Å². The maximum Gasteiger partial charge on any atom is 0.186 e. The number of aromatic nitrogens is 1. The molecule has 1 aromatic heterocycles. The van der Waals surface area contributed by atoms with E-state index in [0.29, 0.717) is 0 Å². The van der Waals surface area contributed by atoms with E-state index in [2.05, 4.69) is 34.1 Å².